The van der Waals surface area contributed by atoms with Crippen molar-refractivity contribution in [1.29, 1.82) is 0 Å². The lowest BCUT2D eigenvalue weighted by atomic mass is 10.00. The summed E-state index contributed by atoms with van der Waals surface area (Å²) < 4.78 is 10.9. The molecule has 30 heavy (non-hydrogen) atoms. The summed E-state index contributed by atoms with van der Waals surface area (Å²) in [5.41, 5.74) is 4.38. The molecule has 4 heterocycles. The fourth-order valence-corrected chi connectivity index (χ4v) is 5.89. The molecule has 1 unspecified atom stereocenters. The molecular formula is C23H22N3O3S+. The van der Waals surface area contributed by atoms with Gasteiger partial charge in [-0.05, 0) is 23.3 Å². The second kappa shape index (κ2) is 7.04. The molecule has 152 valence electrons. The third-order valence-electron chi connectivity index (χ3n) is 6.03. The quantitative estimate of drug-likeness (QED) is 0.609. The average molecular weight is 421 g/mol. The lowest BCUT2D eigenvalue weighted by molar-refractivity contribution is -0.929. The van der Waals surface area contributed by atoms with Crippen LogP contribution in [0.4, 0.5) is 5.00 Å². The van der Waals surface area contributed by atoms with Crippen LogP contribution in [-0.2, 0) is 19.5 Å². The molecule has 6 rings (SSSR count). The van der Waals surface area contributed by atoms with Gasteiger partial charge in [-0.1, -0.05) is 36.4 Å². The smallest absolute Gasteiger partial charge is 0.256 e. The monoisotopic (exact) mass is 420 g/mol. The van der Waals surface area contributed by atoms with E-state index in [4.69, 9.17) is 9.47 Å². The Hall–Kier alpha value is -3.03. The summed E-state index contributed by atoms with van der Waals surface area (Å²) in [7, 11) is 0. The predicted molar refractivity (Wildman–Crippen MR) is 114 cm³/mol. The number of hydrogen-bond donors (Lipinski definition) is 3. The Bertz CT molecular complexity index is 1130. The number of anilines is 1. The van der Waals surface area contributed by atoms with Gasteiger partial charge in [-0.2, -0.15) is 0 Å². The zero-order valence-corrected chi connectivity index (χ0v) is 17.2. The van der Waals surface area contributed by atoms with E-state index in [2.05, 4.69) is 41.0 Å². The molecule has 2 atom stereocenters. The van der Waals surface area contributed by atoms with Crippen LogP contribution in [0, 0.1) is 0 Å². The summed E-state index contributed by atoms with van der Waals surface area (Å²) in [6.45, 7) is 3.27. The summed E-state index contributed by atoms with van der Waals surface area (Å²) in [5.74, 6) is 1.48. The number of nitrogens with one attached hydrogen (secondary N) is 3. The van der Waals surface area contributed by atoms with E-state index in [0.29, 0.717) is 0 Å². The highest BCUT2D eigenvalue weighted by atomic mass is 32.1. The Kier molecular flexibility index (Phi) is 4.17. The average Bonchev–Trinajstić information content (AvgIpc) is 3.37. The number of quaternary nitrogens is 1. The summed E-state index contributed by atoms with van der Waals surface area (Å²) >= 11 is 1.73. The number of amides is 1. The summed E-state index contributed by atoms with van der Waals surface area (Å²) in [6, 6.07) is 16.4. The Labute approximate surface area is 178 Å². The van der Waals surface area contributed by atoms with Gasteiger partial charge < -0.3 is 25.0 Å². The lowest BCUT2D eigenvalue weighted by Crippen LogP contribution is -3.10. The van der Waals surface area contributed by atoms with E-state index in [1.54, 1.807) is 16.2 Å². The van der Waals surface area contributed by atoms with Crippen molar-refractivity contribution in [1.82, 2.24) is 5.32 Å². The van der Waals surface area contributed by atoms with Gasteiger partial charge in [-0.3, -0.25) is 4.79 Å². The Balaban J connectivity index is 1.24. The topological polar surface area (TPSA) is 64.0 Å². The predicted octanol–water partition coefficient (Wildman–Crippen LogP) is 2.47. The second-order valence-corrected chi connectivity index (χ2v) is 9.07. The number of benzene rings is 2. The van der Waals surface area contributed by atoms with Crippen molar-refractivity contribution in [3.63, 3.8) is 0 Å². The Morgan fingerprint density at radius 1 is 1.07 bits per heavy atom. The molecule has 7 heteroatoms. The standard InChI is InChI=1S/C23H21N3O3S/c27-22-20-16-8-9-26(11-14-4-2-1-3-5-14)12-19(16)30-23(20)25-21(24-22)15-6-7-17-18(10-15)29-13-28-17/h1-7,10,21,25H,8-9,11-13H2,(H,24,27)/p+1/t21-/m0/s1. The number of ether oxygens (including phenoxy) is 2. The first-order chi connectivity index (χ1) is 14.7. The summed E-state index contributed by atoms with van der Waals surface area (Å²) in [6.07, 6.45) is 0.667. The van der Waals surface area contributed by atoms with Crippen LogP contribution in [0.2, 0.25) is 0 Å². The van der Waals surface area contributed by atoms with Gasteiger partial charge in [0.05, 0.1) is 17.0 Å². The number of carbonyl (C=O) groups excluding carboxylic acids is 1. The minimum absolute atomic E-state index is 0.00965. The number of rotatable bonds is 3. The van der Waals surface area contributed by atoms with Crippen molar-refractivity contribution < 1.29 is 19.2 Å². The molecule has 0 bridgehead atoms. The molecule has 0 radical (unpaired) electrons. The SMILES string of the molecule is O=C1N[C@H](c2ccc3c(c2)OCO3)Nc2sc3c(c21)CC[NH+](Cc1ccccc1)C3. The highest BCUT2D eigenvalue weighted by molar-refractivity contribution is 7.16. The van der Waals surface area contributed by atoms with E-state index >= 15 is 0 Å². The van der Waals surface area contributed by atoms with Crippen LogP contribution < -0.4 is 25.0 Å². The first-order valence-corrected chi connectivity index (χ1v) is 11.1. The minimum atomic E-state index is -0.271. The number of hydrogen-bond acceptors (Lipinski definition) is 5. The van der Waals surface area contributed by atoms with Crippen molar-refractivity contribution in [3.05, 3.63) is 75.7 Å². The molecule has 0 aliphatic carbocycles. The Morgan fingerprint density at radius 3 is 2.83 bits per heavy atom. The zero-order chi connectivity index (χ0) is 20.1. The molecule has 0 spiro atoms. The van der Waals surface area contributed by atoms with Gasteiger partial charge in [0, 0.05) is 12.0 Å². The van der Waals surface area contributed by atoms with E-state index in [1.807, 2.05) is 18.2 Å². The normalized spacial score (nSPS) is 21.4. The van der Waals surface area contributed by atoms with Gasteiger partial charge in [-0.15, -0.1) is 11.3 Å². The third kappa shape index (κ3) is 3.02. The largest absolute Gasteiger partial charge is 0.454 e. The highest BCUT2D eigenvalue weighted by Crippen LogP contribution is 2.40. The lowest BCUT2D eigenvalue weighted by Gasteiger charge is -2.27. The maximum Gasteiger partial charge on any atom is 0.256 e. The van der Waals surface area contributed by atoms with Crippen molar-refractivity contribution in [2.24, 2.45) is 0 Å². The van der Waals surface area contributed by atoms with E-state index in [9.17, 15) is 4.79 Å². The minimum Gasteiger partial charge on any atom is -0.454 e. The number of carbonyl (C=O) groups is 1. The van der Waals surface area contributed by atoms with Crippen LogP contribution in [0.5, 0.6) is 11.5 Å². The van der Waals surface area contributed by atoms with Crippen LogP contribution in [0.15, 0.2) is 48.5 Å². The molecule has 3 N–H and O–H groups in total. The van der Waals surface area contributed by atoms with E-state index < -0.39 is 0 Å². The molecule has 2 aromatic carbocycles. The van der Waals surface area contributed by atoms with Gasteiger partial charge in [0.2, 0.25) is 6.79 Å². The van der Waals surface area contributed by atoms with Crippen LogP contribution in [0.25, 0.3) is 0 Å². The first-order valence-electron chi connectivity index (χ1n) is 10.2. The fraction of sp³-hybridized carbons (Fsp3) is 0.261. The number of fused-ring (bicyclic) bond motifs is 4. The summed E-state index contributed by atoms with van der Waals surface area (Å²) in [5, 5.41) is 7.64. The van der Waals surface area contributed by atoms with Crippen LogP contribution >= 0.6 is 11.3 Å². The first kappa shape index (κ1) is 17.8. The van der Waals surface area contributed by atoms with Crippen LogP contribution in [0.3, 0.4) is 0 Å². The van der Waals surface area contributed by atoms with E-state index in [1.165, 1.54) is 16.0 Å². The molecule has 0 saturated heterocycles. The van der Waals surface area contributed by atoms with Crippen molar-refractivity contribution in [2.45, 2.75) is 25.7 Å². The van der Waals surface area contributed by atoms with Crippen LogP contribution in [-0.4, -0.2) is 19.2 Å². The van der Waals surface area contributed by atoms with Gasteiger partial charge in [0.1, 0.15) is 24.3 Å². The van der Waals surface area contributed by atoms with Crippen LogP contribution in [0.1, 0.15) is 38.1 Å². The molecule has 3 aliphatic rings. The van der Waals surface area contributed by atoms with E-state index in [0.717, 1.165) is 53.7 Å². The Morgan fingerprint density at radius 2 is 1.93 bits per heavy atom. The van der Waals surface area contributed by atoms with Gasteiger partial charge in [0.15, 0.2) is 11.5 Å². The second-order valence-electron chi connectivity index (χ2n) is 7.96. The molecule has 3 aliphatic heterocycles. The maximum atomic E-state index is 13.0. The molecule has 6 nitrogen and oxygen atoms in total. The van der Waals surface area contributed by atoms with Gasteiger partial charge in [-0.25, -0.2) is 0 Å². The van der Waals surface area contributed by atoms with Crippen molar-refractivity contribution >= 4 is 22.2 Å². The van der Waals surface area contributed by atoms with E-state index in [-0.39, 0.29) is 18.9 Å². The molecule has 3 aromatic rings. The van der Waals surface area contributed by atoms with Crippen molar-refractivity contribution in [3.8, 4) is 11.5 Å². The molecule has 1 aromatic heterocycles. The molecule has 1 amide bonds. The molecule has 0 fully saturated rings. The fourth-order valence-electron chi connectivity index (χ4n) is 4.54. The highest BCUT2D eigenvalue weighted by Gasteiger charge is 2.35. The maximum absolute atomic E-state index is 13.0. The number of thiophene rings is 1. The van der Waals surface area contributed by atoms with Gasteiger partial charge in [0.25, 0.3) is 5.91 Å². The third-order valence-corrected chi connectivity index (χ3v) is 7.20. The van der Waals surface area contributed by atoms with Crippen molar-refractivity contribution in [2.75, 3.05) is 18.7 Å². The zero-order valence-electron chi connectivity index (χ0n) is 16.4. The molecular weight excluding hydrogens is 398 g/mol. The molecule has 0 saturated carbocycles. The van der Waals surface area contributed by atoms with Gasteiger partial charge >= 0.3 is 0 Å². The summed E-state index contributed by atoms with van der Waals surface area (Å²) in [4.78, 5) is 15.9.